The van der Waals surface area contributed by atoms with E-state index in [1.54, 1.807) is 6.20 Å². The third-order valence-electron chi connectivity index (χ3n) is 5.64. The molecule has 1 amide bonds. The molecule has 0 radical (unpaired) electrons. The van der Waals surface area contributed by atoms with Crippen LogP contribution in [0.15, 0.2) is 24.5 Å². The van der Waals surface area contributed by atoms with Crippen LogP contribution in [-0.2, 0) is 16.1 Å². The summed E-state index contributed by atoms with van der Waals surface area (Å²) >= 11 is 0. The maximum atomic E-state index is 12.5. The fourth-order valence-electron chi connectivity index (χ4n) is 4.04. The number of aromatic nitrogens is 1. The van der Waals surface area contributed by atoms with Crippen molar-refractivity contribution in [2.24, 2.45) is 0 Å². The summed E-state index contributed by atoms with van der Waals surface area (Å²) in [7, 11) is 0. The van der Waals surface area contributed by atoms with Gasteiger partial charge in [0.1, 0.15) is 0 Å². The number of hydrogen-bond donors (Lipinski definition) is 1. The van der Waals surface area contributed by atoms with Gasteiger partial charge in [0.25, 0.3) is 0 Å². The molecule has 1 N–H and O–H groups in total. The van der Waals surface area contributed by atoms with Gasteiger partial charge in [-0.1, -0.05) is 6.07 Å². The number of nitrogens with zero attached hydrogens (tertiary/aromatic N) is 3. The molecular weight excluding hydrogens is 306 g/mol. The van der Waals surface area contributed by atoms with Gasteiger partial charge in [0.2, 0.25) is 5.91 Å². The first-order valence-electron chi connectivity index (χ1n) is 8.88. The van der Waals surface area contributed by atoms with Crippen LogP contribution < -0.4 is 0 Å². The summed E-state index contributed by atoms with van der Waals surface area (Å²) in [6, 6.07) is 4.28. The molecule has 6 nitrogen and oxygen atoms in total. The number of carbonyl (C=O) groups is 1. The number of rotatable bonds is 4. The normalized spacial score (nSPS) is 29.1. The zero-order chi connectivity index (χ0) is 16.6. The van der Waals surface area contributed by atoms with E-state index in [9.17, 15) is 9.90 Å². The number of hydrogen-bond acceptors (Lipinski definition) is 5. The van der Waals surface area contributed by atoms with Crippen molar-refractivity contribution in [1.29, 1.82) is 0 Å². The Balaban J connectivity index is 1.39. The molecule has 1 saturated carbocycles. The SMILES string of the molecule is O=C(CC1(O)CCC1)N1C[C@@H]2OCCN(Cc3cccnc3)[C@@H]2C1. The Morgan fingerprint density at radius 2 is 2.29 bits per heavy atom. The second-order valence-electron chi connectivity index (χ2n) is 7.36. The Bertz CT molecular complexity index is 590. The molecule has 0 spiro atoms. The van der Waals surface area contributed by atoms with Crippen LogP contribution in [0.25, 0.3) is 0 Å². The van der Waals surface area contributed by atoms with Gasteiger partial charge in [-0.05, 0) is 30.9 Å². The second kappa shape index (κ2) is 6.43. The summed E-state index contributed by atoms with van der Waals surface area (Å²) in [6.45, 7) is 3.75. The van der Waals surface area contributed by atoms with Crippen molar-refractivity contribution in [2.75, 3.05) is 26.2 Å². The molecule has 2 saturated heterocycles. The first-order chi connectivity index (χ1) is 11.6. The number of carbonyl (C=O) groups excluding carboxylic acids is 1. The zero-order valence-electron chi connectivity index (χ0n) is 13.9. The topological polar surface area (TPSA) is 65.9 Å². The van der Waals surface area contributed by atoms with Crippen molar-refractivity contribution in [2.45, 2.75) is 50.0 Å². The Hall–Kier alpha value is -1.50. The van der Waals surface area contributed by atoms with E-state index in [2.05, 4.69) is 16.0 Å². The molecule has 4 rings (SSSR count). The van der Waals surface area contributed by atoms with Gasteiger partial charge in [-0.2, -0.15) is 0 Å². The van der Waals surface area contributed by atoms with Crippen molar-refractivity contribution in [1.82, 2.24) is 14.8 Å². The molecule has 0 unspecified atom stereocenters. The van der Waals surface area contributed by atoms with Gasteiger partial charge in [-0.25, -0.2) is 0 Å². The van der Waals surface area contributed by atoms with Crippen LogP contribution in [0.2, 0.25) is 0 Å². The molecule has 1 aromatic heterocycles. The van der Waals surface area contributed by atoms with Crippen LogP contribution in [-0.4, -0.2) is 69.8 Å². The number of pyridine rings is 1. The third kappa shape index (κ3) is 3.18. The monoisotopic (exact) mass is 331 g/mol. The lowest BCUT2D eigenvalue weighted by Crippen LogP contribution is -2.50. The minimum Gasteiger partial charge on any atom is -0.389 e. The van der Waals surface area contributed by atoms with E-state index in [0.29, 0.717) is 19.7 Å². The average molecular weight is 331 g/mol. The maximum Gasteiger partial charge on any atom is 0.225 e. The van der Waals surface area contributed by atoms with Crippen LogP contribution in [0.3, 0.4) is 0 Å². The number of amides is 1. The highest BCUT2D eigenvalue weighted by Gasteiger charge is 2.44. The zero-order valence-corrected chi connectivity index (χ0v) is 13.9. The highest BCUT2D eigenvalue weighted by atomic mass is 16.5. The standard InChI is InChI=1S/C18H25N3O3/c22-17(9-18(23)4-2-5-18)21-12-15-16(13-21)24-8-7-20(15)11-14-3-1-6-19-10-14/h1,3,6,10,15-16,23H,2,4-5,7-9,11-13H2/t15-,16+/m1/s1. The first kappa shape index (κ1) is 16.0. The molecule has 3 fully saturated rings. The minimum atomic E-state index is -0.749. The molecule has 130 valence electrons. The summed E-state index contributed by atoms with van der Waals surface area (Å²) in [5.41, 5.74) is 0.438. The van der Waals surface area contributed by atoms with Crippen LogP contribution in [0, 0.1) is 0 Å². The fourth-order valence-corrected chi connectivity index (χ4v) is 4.04. The van der Waals surface area contributed by atoms with Crippen molar-refractivity contribution in [3.8, 4) is 0 Å². The van der Waals surface area contributed by atoms with Crippen molar-refractivity contribution >= 4 is 5.91 Å². The van der Waals surface area contributed by atoms with Crippen LogP contribution in [0.1, 0.15) is 31.2 Å². The van der Waals surface area contributed by atoms with Gasteiger partial charge in [0.05, 0.1) is 30.8 Å². The summed E-state index contributed by atoms with van der Waals surface area (Å²) in [5, 5.41) is 10.3. The quantitative estimate of drug-likeness (QED) is 0.884. The van der Waals surface area contributed by atoms with E-state index >= 15 is 0 Å². The Morgan fingerprint density at radius 1 is 1.42 bits per heavy atom. The predicted molar refractivity (Wildman–Crippen MR) is 88.2 cm³/mol. The lowest BCUT2D eigenvalue weighted by molar-refractivity contribution is -0.139. The molecule has 3 heterocycles. The maximum absolute atomic E-state index is 12.5. The molecule has 1 aromatic rings. The fraction of sp³-hybridized carbons (Fsp3) is 0.667. The predicted octanol–water partition coefficient (Wildman–Crippen LogP) is 0.798. The third-order valence-corrected chi connectivity index (χ3v) is 5.64. The van der Waals surface area contributed by atoms with Crippen LogP contribution in [0.4, 0.5) is 0 Å². The molecule has 3 aliphatic rings. The Kier molecular flexibility index (Phi) is 4.28. The summed E-state index contributed by atoms with van der Waals surface area (Å²) in [4.78, 5) is 21.0. The van der Waals surface area contributed by atoms with E-state index in [0.717, 1.165) is 32.4 Å². The summed E-state index contributed by atoms with van der Waals surface area (Å²) in [5.74, 6) is 0.0662. The first-order valence-corrected chi connectivity index (χ1v) is 8.88. The van der Waals surface area contributed by atoms with Crippen LogP contribution >= 0.6 is 0 Å². The van der Waals surface area contributed by atoms with Crippen LogP contribution in [0.5, 0.6) is 0 Å². The lowest BCUT2D eigenvalue weighted by atomic mass is 9.77. The molecule has 2 aliphatic heterocycles. The van der Waals surface area contributed by atoms with Gasteiger partial charge >= 0.3 is 0 Å². The number of likely N-dealkylation sites (tertiary alicyclic amines) is 1. The van der Waals surface area contributed by atoms with Crippen molar-refractivity contribution < 1.29 is 14.6 Å². The second-order valence-corrected chi connectivity index (χ2v) is 7.36. The molecule has 24 heavy (non-hydrogen) atoms. The van der Waals surface area contributed by atoms with Gasteiger partial charge in [0.15, 0.2) is 0 Å². The molecule has 0 bridgehead atoms. The van der Waals surface area contributed by atoms with Gasteiger partial charge in [-0.15, -0.1) is 0 Å². The average Bonchev–Trinajstić information content (AvgIpc) is 3.00. The van der Waals surface area contributed by atoms with E-state index in [-0.39, 0.29) is 24.5 Å². The number of aliphatic hydroxyl groups is 1. The molecule has 1 aliphatic carbocycles. The highest BCUT2D eigenvalue weighted by Crippen LogP contribution is 2.36. The Labute approximate surface area is 142 Å². The number of morpholine rings is 1. The van der Waals surface area contributed by atoms with E-state index < -0.39 is 5.60 Å². The molecule has 0 aromatic carbocycles. The van der Waals surface area contributed by atoms with Gasteiger partial charge < -0.3 is 14.7 Å². The minimum absolute atomic E-state index is 0.0662. The van der Waals surface area contributed by atoms with E-state index in [4.69, 9.17) is 4.74 Å². The molecule has 6 heteroatoms. The van der Waals surface area contributed by atoms with Crippen molar-refractivity contribution in [3.63, 3.8) is 0 Å². The number of ether oxygens (including phenoxy) is 1. The highest BCUT2D eigenvalue weighted by molar-refractivity contribution is 5.78. The van der Waals surface area contributed by atoms with Gasteiger partial charge in [-0.3, -0.25) is 14.7 Å². The smallest absolute Gasteiger partial charge is 0.225 e. The number of fused-ring (bicyclic) bond motifs is 1. The van der Waals surface area contributed by atoms with E-state index in [1.165, 1.54) is 5.56 Å². The van der Waals surface area contributed by atoms with Crippen molar-refractivity contribution in [3.05, 3.63) is 30.1 Å². The summed E-state index contributed by atoms with van der Waals surface area (Å²) < 4.78 is 5.91. The lowest BCUT2D eigenvalue weighted by Gasteiger charge is -2.37. The molecule has 2 atom stereocenters. The largest absolute Gasteiger partial charge is 0.389 e. The summed E-state index contributed by atoms with van der Waals surface area (Å²) in [6.07, 6.45) is 6.55. The van der Waals surface area contributed by atoms with E-state index in [1.807, 2.05) is 17.2 Å². The van der Waals surface area contributed by atoms with Gasteiger partial charge in [0, 0.05) is 38.6 Å². The Morgan fingerprint density at radius 3 is 3.00 bits per heavy atom. The molecular formula is C18H25N3O3.